The van der Waals surface area contributed by atoms with Crippen LogP contribution in [0.4, 0.5) is 15.8 Å². The minimum absolute atomic E-state index is 0.117. The number of rotatable bonds is 4. The van der Waals surface area contributed by atoms with Crippen LogP contribution in [-0.4, -0.2) is 17.6 Å². The second-order valence-corrected chi connectivity index (χ2v) is 4.23. The van der Waals surface area contributed by atoms with Gasteiger partial charge in [-0.05, 0) is 37.3 Å². The van der Waals surface area contributed by atoms with Crippen molar-refractivity contribution in [3.8, 4) is 0 Å². The molecule has 0 spiro atoms. The Morgan fingerprint density at radius 3 is 2.55 bits per heavy atom. The second kappa shape index (κ2) is 6.06. The highest BCUT2D eigenvalue weighted by Crippen LogP contribution is 2.28. The van der Waals surface area contributed by atoms with E-state index in [2.05, 4.69) is 5.16 Å². The molecule has 104 valence electrons. The maximum absolute atomic E-state index is 13.4. The molecule has 0 amide bonds. The molecule has 0 unspecified atom stereocenters. The molecule has 5 heteroatoms. The van der Waals surface area contributed by atoms with Gasteiger partial charge in [0.25, 0.3) is 0 Å². The van der Waals surface area contributed by atoms with Crippen LogP contribution in [-0.2, 0) is 0 Å². The quantitative estimate of drug-likeness (QED) is 0.389. The summed E-state index contributed by atoms with van der Waals surface area (Å²) in [4.78, 5) is 1.97. The van der Waals surface area contributed by atoms with Gasteiger partial charge < -0.3 is 15.8 Å². The first-order valence-electron chi connectivity index (χ1n) is 6.27. The van der Waals surface area contributed by atoms with Crippen molar-refractivity contribution in [1.29, 1.82) is 0 Å². The minimum atomic E-state index is -0.431. The SMILES string of the molecule is CCN(c1ccccc1)c1ccc(F)cc1C(N)=NO. The van der Waals surface area contributed by atoms with Crippen LogP contribution in [0.1, 0.15) is 12.5 Å². The molecule has 0 bridgehead atoms. The molecule has 0 aliphatic rings. The molecule has 4 nitrogen and oxygen atoms in total. The zero-order valence-electron chi connectivity index (χ0n) is 11.1. The molecule has 0 aliphatic carbocycles. The van der Waals surface area contributed by atoms with Gasteiger partial charge in [0.15, 0.2) is 5.84 Å². The van der Waals surface area contributed by atoms with Crippen LogP contribution in [0.2, 0.25) is 0 Å². The van der Waals surface area contributed by atoms with Crippen molar-refractivity contribution >= 4 is 17.2 Å². The zero-order chi connectivity index (χ0) is 14.5. The standard InChI is InChI=1S/C15H16FN3O/c1-2-19(12-6-4-3-5-7-12)14-9-8-11(16)10-13(14)15(17)18-20/h3-10,20H,2H2,1H3,(H2,17,18). The number of nitrogens with two attached hydrogens (primary N) is 1. The molecule has 0 fully saturated rings. The summed E-state index contributed by atoms with van der Waals surface area (Å²) >= 11 is 0. The number of hydrogen-bond donors (Lipinski definition) is 2. The van der Waals surface area contributed by atoms with E-state index in [4.69, 9.17) is 10.9 Å². The number of para-hydroxylation sites is 1. The van der Waals surface area contributed by atoms with Gasteiger partial charge in [0, 0.05) is 17.8 Å². The summed E-state index contributed by atoms with van der Waals surface area (Å²) in [5, 5.41) is 11.8. The van der Waals surface area contributed by atoms with Gasteiger partial charge in [0.2, 0.25) is 0 Å². The molecule has 0 aromatic heterocycles. The van der Waals surface area contributed by atoms with Crippen molar-refractivity contribution in [3.05, 3.63) is 59.9 Å². The lowest BCUT2D eigenvalue weighted by Gasteiger charge is -2.25. The van der Waals surface area contributed by atoms with Crippen LogP contribution in [0.5, 0.6) is 0 Å². The van der Waals surface area contributed by atoms with Crippen LogP contribution in [0.25, 0.3) is 0 Å². The zero-order valence-corrected chi connectivity index (χ0v) is 11.1. The Kier molecular flexibility index (Phi) is 4.20. The third-order valence-corrected chi connectivity index (χ3v) is 3.02. The lowest BCUT2D eigenvalue weighted by atomic mass is 10.1. The van der Waals surface area contributed by atoms with Gasteiger partial charge in [-0.3, -0.25) is 0 Å². The Hall–Kier alpha value is -2.56. The van der Waals surface area contributed by atoms with Gasteiger partial charge >= 0.3 is 0 Å². The van der Waals surface area contributed by atoms with Crippen molar-refractivity contribution in [2.45, 2.75) is 6.92 Å². The van der Waals surface area contributed by atoms with Crippen molar-refractivity contribution in [2.24, 2.45) is 10.9 Å². The van der Waals surface area contributed by atoms with E-state index >= 15 is 0 Å². The average Bonchev–Trinajstić information content (AvgIpc) is 2.49. The first-order chi connectivity index (χ1) is 9.67. The highest BCUT2D eigenvalue weighted by atomic mass is 19.1. The second-order valence-electron chi connectivity index (χ2n) is 4.23. The van der Waals surface area contributed by atoms with Crippen molar-refractivity contribution in [1.82, 2.24) is 0 Å². The number of halogens is 1. The minimum Gasteiger partial charge on any atom is -0.409 e. The summed E-state index contributed by atoms with van der Waals surface area (Å²) < 4.78 is 13.4. The van der Waals surface area contributed by atoms with Crippen molar-refractivity contribution in [3.63, 3.8) is 0 Å². The van der Waals surface area contributed by atoms with Gasteiger partial charge in [-0.2, -0.15) is 0 Å². The van der Waals surface area contributed by atoms with Gasteiger partial charge in [-0.25, -0.2) is 4.39 Å². The van der Waals surface area contributed by atoms with E-state index in [1.54, 1.807) is 6.07 Å². The van der Waals surface area contributed by atoms with E-state index in [9.17, 15) is 4.39 Å². The first kappa shape index (κ1) is 13.9. The smallest absolute Gasteiger partial charge is 0.172 e. The molecule has 0 heterocycles. The molecular weight excluding hydrogens is 257 g/mol. The third-order valence-electron chi connectivity index (χ3n) is 3.02. The predicted octanol–water partition coefficient (Wildman–Crippen LogP) is 3.08. The Morgan fingerprint density at radius 1 is 1.25 bits per heavy atom. The third kappa shape index (κ3) is 2.71. The summed E-state index contributed by atoms with van der Waals surface area (Å²) in [5.41, 5.74) is 7.64. The molecule has 0 aliphatic heterocycles. The molecule has 20 heavy (non-hydrogen) atoms. The van der Waals surface area contributed by atoms with Crippen LogP contribution >= 0.6 is 0 Å². The Morgan fingerprint density at radius 2 is 1.95 bits per heavy atom. The number of anilines is 2. The van der Waals surface area contributed by atoms with E-state index in [1.807, 2.05) is 42.2 Å². The highest BCUT2D eigenvalue weighted by molar-refractivity contribution is 6.03. The van der Waals surface area contributed by atoms with Crippen LogP contribution in [0.15, 0.2) is 53.7 Å². The van der Waals surface area contributed by atoms with E-state index in [0.29, 0.717) is 17.8 Å². The lowest BCUT2D eigenvalue weighted by Crippen LogP contribution is -2.22. The van der Waals surface area contributed by atoms with Gasteiger partial charge in [-0.1, -0.05) is 23.4 Å². The van der Waals surface area contributed by atoms with E-state index in [-0.39, 0.29) is 5.84 Å². The van der Waals surface area contributed by atoms with Crippen molar-refractivity contribution in [2.75, 3.05) is 11.4 Å². The molecule has 0 saturated heterocycles. The Bertz CT molecular complexity index is 614. The number of benzene rings is 2. The van der Waals surface area contributed by atoms with E-state index < -0.39 is 5.82 Å². The predicted molar refractivity (Wildman–Crippen MR) is 78.0 cm³/mol. The van der Waals surface area contributed by atoms with Crippen LogP contribution < -0.4 is 10.6 Å². The molecule has 2 rings (SSSR count). The first-order valence-corrected chi connectivity index (χ1v) is 6.27. The summed E-state index contributed by atoms with van der Waals surface area (Å²) in [7, 11) is 0. The summed E-state index contributed by atoms with van der Waals surface area (Å²) in [6.45, 7) is 2.65. The molecule has 3 N–H and O–H groups in total. The molecule has 2 aromatic rings. The number of amidine groups is 1. The molecule has 0 atom stereocenters. The highest BCUT2D eigenvalue weighted by Gasteiger charge is 2.15. The maximum Gasteiger partial charge on any atom is 0.172 e. The summed E-state index contributed by atoms with van der Waals surface area (Å²) in [5.74, 6) is -0.548. The Balaban J connectivity index is 2.55. The average molecular weight is 273 g/mol. The molecule has 2 aromatic carbocycles. The molecule has 0 radical (unpaired) electrons. The largest absolute Gasteiger partial charge is 0.409 e. The monoisotopic (exact) mass is 273 g/mol. The fourth-order valence-corrected chi connectivity index (χ4v) is 2.10. The molecule has 0 saturated carbocycles. The normalized spacial score (nSPS) is 11.4. The van der Waals surface area contributed by atoms with Crippen molar-refractivity contribution < 1.29 is 9.60 Å². The lowest BCUT2D eigenvalue weighted by molar-refractivity contribution is 0.318. The van der Waals surface area contributed by atoms with Crippen LogP contribution in [0, 0.1) is 5.82 Å². The fourth-order valence-electron chi connectivity index (χ4n) is 2.10. The number of hydrogen-bond acceptors (Lipinski definition) is 3. The van der Waals surface area contributed by atoms with E-state index in [0.717, 1.165) is 5.69 Å². The fraction of sp³-hybridized carbons (Fsp3) is 0.133. The topological polar surface area (TPSA) is 61.8 Å². The summed E-state index contributed by atoms with van der Waals surface area (Å²) in [6.07, 6.45) is 0. The molecular formula is C15H16FN3O. The maximum atomic E-state index is 13.4. The Labute approximate surface area is 116 Å². The van der Waals surface area contributed by atoms with Gasteiger partial charge in [0.1, 0.15) is 5.82 Å². The summed E-state index contributed by atoms with van der Waals surface area (Å²) in [6, 6.07) is 13.9. The van der Waals surface area contributed by atoms with E-state index in [1.165, 1.54) is 12.1 Å². The number of oxime groups is 1. The number of nitrogens with zero attached hydrogens (tertiary/aromatic N) is 2. The van der Waals surface area contributed by atoms with Gasteiger partial charge in [-0.15, -0.1) is 0 Å². The van der Waals surface area contributed by atoms with Gasteiger partial charge in [0.05, 0.1) is 5.69 Å². The van der Waals surface area contributed by atoms with Crippen LogP contribution in [0.3, 0.4) is 0 Å².